The van der Waals surface area contributed by atoms with E-state index in [4.69, 9.17) is 5.73 Å². The zero-order chi connectivity index (χ0) is 11.0. The molecule has 15 heavy (non-hydrogen) atoms. The lowest BCUT2D eigenvalue weighted by atomic mass is 10.2. The van der Waals surface area contributed by atoms with Crippen molar-refractivity contribution in [2.45, 2.75) is 26.4 Å². The molecule has 3 nitrogen and oxygen atoms in total. The van der Waals surface area contributed by atoms with Crippen LogP contribution in [0.15, 0.2) is 22.8 Å². The first-order valence-electron chi connectivity index (χ1n) is 5.00. The maximum absolute atomic E-state index is 5.62. The molecule has 0 atom stereocenters. The van der Waals surface area contributed by atoms with Crippen molar-refractivity contribution in [1.29, 1.82) is 0 Å². The molecule has 2 rings (SSSR count). The molecule has 1 heterocycles. The number of nitrogens with zero attached hydrogens (tertiary/aromatic N) is 2. The molecule has 0 bridgehead atoms. The molecule has 0 aliphatic heterocycles. The maximum atomic E-state index is 5.62. The van der Waals surface area contributed by atoms with Crippen molar-refractivity contribution in [2.24, 2.45) is 5.73 Å². The van der Waals surface area contributed by atoms with E-state index in [9.17, 15) is 0 Å². The smallest absolute Gasteiger partial charge is 0.112 e. The fourth-order valence-electron chi connectivity index (χ4n) is 1.59. The van der Waals surface area contributed by atoms with E-state index in [2.05, 4.69) is 40.9 Å². The van der Waals surface area contributed by atoms with Gasteiger partial charge in [-0.15, -0.1) is 0 Å². The van der Waals surface area contributed by atoms with Crippen molar-refractivity contribution < 1.29 is 0 Å². The molecule has 4 heteroatoms. The van der Waals surface area contributed by atoms with Gasteiger partial charge < -0.3 is 5.73 Å². The minimum atomic E-state index is 0.355. The topological polar surface area (TPSA) is 43.8 Å². The Kier molecular flexibility index (Phi) is 2.80. The van der Waals surface area contributed by atoms with Crippen LogP contribution < -0.4 is 5.73 Å². The van der Waals surface area contributed by atoms with Crippen LogP contribution in [-0.4, -0.2) is 9.78 Å². The number of rotatable bonds is 2. The molecule has 0 fully saturated rings. The summed E-state index contributed by atoms with van der Waals surface area (Å²) in [6.07, 6.45) is 0. The van der Waals surface area contributed by atoms with Crippen LogP contribution in [0.2, 0.25) is 0 Å². The van der Waals surface area contributed by atoms with Crippen molar-refractivity contribution in [2.75, 3.05) is 0 Å². The van der Waals surface area contributed by atoms with Crippen LogP contribution in [0.4, 0.5) is 0 Å². The van der Waals surface area contributed by atoms with Crippen LogP contribution in [0.3, 0.4) is 0 Å². The molecule has 1 aromatic carbocycles. The van der Waals surface area contributed by atoms with E-state index in [1.54, 1.807) is 0 Å². The highest BCUT2D eigenvalue weighted by molar-refractivity contribution is 9.10. The van der Waals surface area contributed by atoms with Crippen molar-refractivity contribution >= 4 is 26.8 Å². The molecule has 0 unspecified atom stereocenters. The Hall–Kier alpha value is -0.870. The third kappa shape index (κ3) is 1.79. The number of hydrogen-bond donors (Lipinski definition) is 1. The molecule has 0 spiro atoms. The zero-order valence-electron chi connectivity index (χ0n) is 8.87. The second-order valence-corrected chi connectivity index (χ2v) is 4.64. The SMILES string of the molecule is CC(C)n1nc2ccc(CN)cc2c1Br. The first-order valence-corrected chi connectivity index (χ1v) is 5.79. The fraction of sp³-hybridized carbons (Fsp3) is 0.364. The molecular weight excluding hydrogens is 254 g/mol. The van der Waals surface area contributed by atoms with Crippen LogP contribution in [-0.2, 0) is 6.54 Å². The van der Waals surface area contributed by atoms with Crippen LogP contribution in [0, 0.1) is 0 Å². The minimum Gasteiger partial charge on any atom is -0.326 e. The van der Waals surface area contributed by atoms with Crippen LogP contribution in [0.1, 0.15) is 25.5 Å². The summed E-state index contributed by atoms with van der Waals surface area (Å²) < 4.78 is 3.01. The lowest BCUT2D eigenvalue weighted by molar-refractivity contribution is 0.527. The highest BCUT2D eigenvalue weighted by Gasteiger charge is 2.10. The van der Waals surface area contributed by atoms with Crippen molar-refractivity contribution in [1.82, 2.24) is 9.78 Å². The Bertz CT molecular complexity index is 488. The lowest BCUT2D eigenvalue weighted by Gasteiger charge is -2.05. The lowest BCUT2D eigenvalue weighted by Crippen LogP contribution is -2.02. The standard InChI is InChI=1S/C11H14BrN3/c1-7(2)15-11(12)9-5-8(6-13)3-4-10(9)14-15/h3-5,7H,6,13H2,1-2H3. The van der Waals surface area contributed by atoms with Gasteiger partial charge in [-0.25, -0.2) is 0 Å². The number of benzene rings is 1. The predicted molar refractivity (Wildman–Crippen MR) is 65.7 cm³/mol. The number of aromatic nitrogens is 2. The Morgan fingerprint density at radius 2 is 2.20 bits per heavy atom. The second-order valence-electron chi connectivity index (χ2n) is 3.88. The number of nitrogens with two attached hydrogens (primary N) is 1. The zero-order valence-corrected chi connectivity index (χ0v) is 10.5. The largest absolute Gasteiger partial charge is 0.326 e. The third-order valence-electron chi connectivity index (χ3n) is 2.42. The minimum absolute atomic E-state index is 0.355. The molecule has 2 N–H and O–H groups in total. The fourth-order valence-corrected chi connectivity index (χ4v) is 2.39. The van der Waals surface area contributed by atoms with Crippen molar-refractivity contribution in [3.8, 4) is 0 Å². The molecule has 1 aromatic heterocycles. The summed E-state index contributed by atoms with van der Waals surface area (Å²) in [6.45, 7) is 4.79. The molecule has 0 aliphatic rings. The van der Waals surface area contributed by atoms with Crippen LogP contribution in [0.5, 0.6) is 0 Å². The van der Waals surface area contributed by atoms with Gasteiger partial charge >= 0.3 is 0 Å². The van der Waals surface area contributed by atoms with Gasteiger partial charge in [0.2, 0.25) is 0 Å². The summed E-state index contributed by atoms with van der Waals surface area (Å²) in [5.41, 5.74) is 7.75. The summed E-state index contributed by atoms with van der Waals surface area (Å²) in [6, 6.07) is 6.48. The average molecular weight is 268 g/mol. The van der Waals surface area contributed by atoms with Gasteiger partial charge in [-0.3, -0.25) is 4.68 Å². The van der Waals surface area contributed by atoms with Gasteiger partial charge in [0.05, 0.1) is 5.52 Å². The number of hydrogen-bond acceptors (Lipinski definition) is 2. The summed E-state index contributed by atoms with van der Waals surface area (Å²) in [5.74, 6) is 0. The normalized spacial score (nSPS) is 11.5. The van der Waals surface area contributed by atoms with E-state index in [1.165, 1.54) is 0 Å². The summed E-state index contributed by atoms with van der Waals surface area (Å²) in [4.78, 5) is 0. The average Bonchev–Trinajstić information content (AvgIpc) is 2.56. The maximum Gasteiger partial charge on any atom is 0.112 e. The van der Waals surface area contributed by atoms with E-state index in [1.807, 2.05) is 16.8 Å². The highest BCUT2D eigenvalue weighted by Crippen LogP contribution is 2.27. The molecule has 0 saturated heterocycles. The molecule has 2 aromatic rings. The molecule has 0 radical (unpaired) electrons. The van der Waals surface area contributed by atoms with Crippen LogP contribution in [0.25, 0.3) is 10.9 Å². The van der Waals surface area contributed by atoms with Crippen molar-refractivity contribution in [3.63, 3.8) is 0 Å². The Morgan fingerprint density at radius 1 is 1.47 bits per heavy atom. The van der Waals surface area contributed by atoms with Gasteiger partial charge in [0.15, 0.2) is 0 Å². The van der Waals surface area contributed by atoms with Gasteiger partial charge in [0.25, 0.3) is 0 Å². The van der Waals surface area contributed by atoms with Crippen LogP contribution >= 0.6 is 15.9 Å². The predicted octanol–water partition coefficient (Wildman–Crippen LogP) is 2.84. The van der Waals surface area contributed by atoms with Crippen molar-refractivity contribution in [3.05, 3.63) is 28.4 Å². The quantitative estimate of drug-likeness (QED) is 0.910. The first-order chi connectivity index (χ1) is 7.13. The van der Waals surface area contributed by atoms with Gasteiger partial charge in [0, 0.05) is 18.0 Å². The molecule has 0 amide bonds. The van der Waals surface area contributed by atoms with Gasteiger partial charge in [-0.1, -0.05) is 6.07 Å². The van der Waals surface area contributed by atoms with E-state index < -0.39 is 0 Å². The first kappa shape index (κ1) is 10.6. The Labute approximate surface area is 97.4 Å². The molecule has 0 saturated carbocycles. The second kappa shape index (κ2) is 3.94. The van der Waals surface area contributed by atoms with E-state index in [0.29, 0.717) is 12.6 Å². The number of halogens is 1. The highest BCUT2D eigenvalue weighted by atomic mass is 79.9. The van der Waals surface area contributed by atoms with Gasteiger partial charge in [-0.05, 0) is 47.5 Å². The summed E-state index contributed by atoms with van der Waals surface area (Å²) in [5, 5.41) is 5.65. The molecular formula is C11H14BrN3. The Balaban J connectivity index is 2.66. The molecule has 0 aliphatic carbocycles. The van der Waals surface area contributed by atoms with E-state index in [-0.39, 0.29) is 0 Å². The van der Waals surface area contributed by atoms with Gasteiger partial charge in [0.1, 0.15) is 4.60 Å². The summed E-state index contributed by atoms with van der Waals surface area (Å²) in [7, 11) is 0. The molecule has 80 valence electrons. The third-order valence-corrected chi connectivity index (χ3v) is 3.22. The van der Waals surface area contributed by atoms with Gasteiger partial charge in [-0.2, -0.15) is 5.10 Å². The monoisotopic (exact) mass is 267 g/mol. The van der Waals surface area contributed by atoms with E-state index >= 15 is 0 Å². The van der Waals surface area contributed by atoms with E-state index in [0.717, 1.165) is 21.1 Å². The summed E-state index contributed by atoms with van der Waals surface area (Å²) >= 11 is 3.58. The number of fused-ring (bicyclic) bond motifs is 1. The Morgan fingerprint density at radius 3 is 2.80 bits per heavy atom.